The summed E-state index contributed by atoms with van der Waals surface area (Å²) in [5.74, 6) is -0.367. The minimum atomic E-state index is -0.259. The molecule has 3 aliphatic rings. The Balaban J connectivity index is 1.48. The number of carbonyl (C=O) groups excluding carboxylic acids is 1. The predicted molar refractivity (Wildman–Crippen MR) is 93.9 cm³/mol. The lowest BCUT2D eigenvalue weighted by Gasteiger charge is -2.19. The van der Waals surface area contributed by atoms with Gasteiger partial charge in [0, 0.05) is 25.7 Å². The zero-order chi connectivity index (χ0) is 18.3. The number of hydrazine groups is 1. The average Bonchev–Trinajstić information content (AvgIpc) is 3.34. The van der Waals surface area contributed by atoms with Gasteiger partial charge in [-0.2, -0.15) is 5.48 Å². The maximum atomic E-state index is 14.9. The Hall–Kier alpha value is -1.58. The number of nitrogens with zero attached hydrogens (tertiary/aromatic N) is 1. The first-order chi connectivity index (χ1) is 12.5. The number of amides is 1. The summed E-state index contributed by atoms with van der Waals surface area (Å²) in [5, 5.41) is 8.23. The number of halogens is 1. The second-order valence-electron chi connectivity index (χ2n) is 7.35. The fraction of sp³-hybridized carbons (Fsp3) is 0.611. The summed E-state index contributed by atoms with van der Waals surface area (Å²) in [6, 6.07) is 3.31. The first kappa shape index (κ1) is 17.8. The van der Waals surface area contributed by atoms with Crippen molar-refractivity contribution < 1.29 is 14.0 Å². The lowest BCUT2D eigenvalue weighted by molar-refractivity contribution is -0.125. The number of fused-ring (bicyclic) bond motifs is 1. The van der Waals surface area contributed by atoms with E-state index in [2.05, 4.69) is 21.5 Å². The Morgan fingerprint density at radius 3 is 3.00 bits per heavy atom. The minimum absolute atomic E-state index is 0.0125. The van der Waals surface area contributed by atoms with Crippen LogP contribution in [0.25, 0.3) is 0 Å². The second-order valence-corrected chi connectivity index (χ2v) is 7.35. The molecule has 2 heterocycles. The van der Waals surface area contributed by atoms with Gasteiger partial charge in [-0.05, 0) is 36.5 Å². The molecule has 2 saturated heterocycles. The first-order valence-electron chi connectivity index (χ1n) is 9.29. The van der Waals surface area contributed by atoms with Gasteiger partial charge >= 0.3 is 0 Å². The van der Waals surface area contributed by atoms with Crippen LogP contribution in [-0.4, -0.2) is 37.3 Å². The molecular formula is C18H26FN5O2. The van der Waals surface area contributed by atoms with Gasteiger partial charge in [-0.25, -0.2) is 9.40 Å². The molecule has 142 valence electrons. The number of nitrogens with one attached hydrogen (secondary N) is 4. The zero-order valence-corrected chi connectivity index (χ0v) is 15.1. The summed E-state index contributed by atoms with van der Waals surface area (Å²) < 4.78 is 14.9. The summed E-state index contributed by atoms with van der Waals surface area (Å²) >= 11 is 0. The van der Waals surface area contributed by atoms with Crippen LogP contribution < -0.4 is 21.5 Å². The van der Waals surface area contributed by atoms with Crippen LogP contribution in [0.4, 0.5) is 4.39 Å². The topological polar surface area (TPSA) is 77.7 Å². The van der Waals surface area contributed by atoms with Gasteiger partial charge in [0.15, 0.2) is 0 Å². The summed E-state index contributed by atoms with van der Waals surface area (Å²) in [5.41, 5.74) is 8.47. The second kappa shape index (κ2) is 7.21. The molecule has 1 aliphatic carbocycles. The highest BCUT2D eigenvalue weighted by Gasteiger charge is 2.33. The molecule has 4 rings (SSSR count). The zero-order valence-electron chi connectivity index (χ0n) is 15.1. The third-order valence-electron chi connectivity index (χ3n) is 5.46. The van der Waals surface area contributed by atoms with E-state index in [1.165, 1.54) is 0 Å². The van der Waals surface area contributed by atoms with E-state index in [-0.39, 0.29) is 36.1 Å². The van der Waals surface area contributed by atoms with Crippen molar-refractivity contribution in [3.8, 4) is 0 Å². The van der Waals surface area contributed by atoms with Crippen molar-refractivity contribution in [1.82, 2.24) is 26.5 Å². The molecule has 8 heteroatoms. The number of carbonyl (C=O) groups is 1. The fourth-order valence-electron chi connectivity index (χ4n) is 4.01. The molecule has 0 spiro atoms. The van der Waals surface area contributed by atoms with Crippen molar-refractivity contribution in [3.63, 3.8) is 0 Å². The molecule has 2 aliphatic heterocycles. The Labute approximate surface area is 152 Å². The molecule has 0 bridgehead atoms. The quantitative estimate of drug-likeness (QED) is 0.636. The van der Waals surface area contributed by atoms with Crippen LogP contribution >= 0.6 is 0 Å². The average molecular weight is 363 g/mol. The van der Waals surface area contributed by atoms with Crippen molar-refractivity contribution in [2.75, 3.05) is 20.1 Å². The van der Waals surface area contributed by atoms with Gasteiger partial charge < -0.3 is 5.32 Å². The van der Waals surface area contributed by atoms with Gasteiger partial charge in [-0.1, -0.05) is 13.0 Å². The van der Waals surface area contributed by atoms with Crippen LogP contribution in [0.1, 0.15) is 48.7 Å². The van der Waals surface area contributed by atoms with Gasteiger partial charge in [-0.3, -0.25) is 20.4 Å². The van der Waals surface area contributed by atoms with E-state index in [1.54, 1.807) is 6.07 Å². The molecule has 7 nitrogen and oxygen atoms in total. The monoisotopic (exact) mass is 363 g/mol. The molecular weight excluding hydrogens is 337 g/mol. The highest BCUT2D eigenvalue weighted by molar-refractivity contribution is 5.80. The number of rotatable bonds is 4. The van der Waals surface area contributed by atoms with Crippen molar-refractivity contribution >= 4 is 5.91 Å². The smallest absolute Gasteiger partial charge is 0.226 e. The highest BCUT2D eigenvalue weighted by atomic mass is 19.1. The van der Waals surface area contributed by atoms with Gasteiger partial charge in [0.1, 0.15) is 18.2 Å². The molecule has 1 amide bonds. The van der Waals surface area contributed by atoms with E-state index >= 15 is 0 Å². The molecule has 3 unspecified atom stereocenters. The number of benzene rings is 1. The van der Waals surface area contributed by atoms with E-state index in [0.29, 0.717) is 18.7 Å². The third kappa shape index (κ3) is 3.35. The standard InChI is InChI=1S/C18H26FN5O2/c1-3-15-22-17(23-26-15)11-6-10-4-5-14(16(10)13(19)7-11)21-18(25)12-8-20-24(2)9-12/h6-7,12,14-15,17,20,22-23H,3-5,8-9H2,1-2H3,(H,21,25)/t12?,14-,15?,17?/m1/s1. The Bertz CT molecular complexity index is 700. The lowest BCUT2D eigenvalue weighted by atomic mass is 10.0. The molecule has 4 N–H and O–H groups in total. The maximum absolute atomic E-state index is 14.9. The lowest BCUT2D eigenvalue weighted by Crippen LogP contribution is -2.35. The number of aryl methyl sites for hydroxylation is 1. The molecule has 26 heavy (non-hydrogen) atoms. The van der Waals surface area contributed by atoms with Crippen LogP contribution in [0.3, 0.4) is 0 Å². The Morgan fingerprint density at radius 1 is 1.46 bits per heavy atom. The van der Waals surface area contributed by atoms with E-state index < -0.39 is 0 Å². The number of hydroxylamine groups is 1. The van der Waals surface area contributed by atoms with Crippen LogP contribution in [0.5, 0.6) is 0 Å². The maximum Gasteiger partial charge on any atom is 0.226 e. The minimum Gasteiger partial charge on any atom is -0.349 e. The van der Waals surface area contributed by atoms with Crippen molar-refractivity contribution in [3.05, 3.63) is 34.6 Å². The van der Waals surface area contributed by atoms with Gasteiger partial charge in [0.25, 0.3) is 0 Å². The van der Waals surface area contributed by atoms with Crippen molar-refractivity contribution in [2.24, 2.45) is 5.92 Å². The van der Waals surface area contributed by atoms with Crippen molar-refractivity contribution in [2.45, 2.75) is 44.6 Å². The molecule has 1 aromatic carbocycles. The Morgan fingerprint density at radius 2 is 2.31 bits per heavy atom. The molecule has 0 aromatic heterocycles. The number of hydrogen-bond donors (Lipinski definition) is 4. The first-order valence-corrected chi connectivity index (χ1v) is 9.29. The van der Waals surface area contributed by atoms with Crippen LogP contribution in [-0.2, 0) is 16.1 Å². The van der Waals surface area contributed by atoms with Gasteiger partial charge in [0.05, 0.1) is 12.0 Å². The Kier molecular flexibility index (Phi) is 4.94. The fourth-order valence-corrected chi connectivity index (χ4v) is 4.01. The normalized spacial score (nSPS) is 31.3. The highest BCUT2D eigenvalue weighted by Crippen LogP contribution is 2.35. The molecule has 1 aromatic rings. The predicted octanol–water partition coefficient (Wildman–Crippen LogP) is 0.855. The van der Waals surface area contributed by atoms with Crippen LogP contribution in [0, 0.1) is 11.7 Å². The van der Waals surface area contributed by atoms with Gasteiger partial charge in [0.2, 0.25) is 5.91 Å². The summed E-state index contributed by atoms with van der Waals surface area (Å²) in [6.45, 7) is 3.32. The van der Waals surface area contributed by atoms with Gasteiger partial charge in [-0.15, -0.1) is 0 Å². The van der Waals surface area contributed by atoms with Crippen LogP contribution in [0.15, 0.2) is 12.1 Å². The molecule has 0 radical (unpaired) electrons. The van der Waals surface area contributed by atoms with E-state index in [9.17, 15) is 9.18 Å². The SMILES string of the molecule is CCC1NC(c2cc(F)c3c(c2)CC[C@H]3NC(=O)C2CNN(C)C2)NO1. The summed E-state index contributed by atoms with van der Waals surface area (Å²) in [7, 11) is 1.91. The molecule has 0 saturated carbocycles. The van der Waals surface area contributed by atoms with Crippen molar-refractivity contribution in [1.29, 1.82) is 0 Å². The number of hydrogen-bond acceptors (Lipinski definition) is 6. The molecule has 4 atom stereocenters. The van der Waals surface area contributed by atoms with E-state index in [4.69, 9.17) is 4.84 Å². The summed E-state index contributed by atoms with van der Waals surface area (Å²) in [4.78, 5) is 17.9. The van der Waals surface area contributed by atoms with Crippen LogP contribution in [0.2, 0.25) is 0 Å². The van der Waals surface area contributed by atoms with E-state index in [1.807, 2.05) is 25.0 Å². The summed E-state index contributed by atoms with van der Waals surface area (Å²) in [6.07, 6.45) is 2.04. The largest absolute Gasteiger partial charge is 0.349 e. The third-order valence-corrected chi connectivity index (χ3v) is 5.46. The van der Waals surface area contributed by atoms with E-state index in [0.717, 1.165) is 30.4 Å². The molecule has 2 fully saturated rings.